The molecule has 0 bridgehead atoms. The number of nitrogens with zero attached hydrogens (tertiary/aromatic N) is 2. The lowest BCUT2D eigenvalue weighted by Gasteiger charge is -2.40. The first kappa shape index (κ1) is 40.1. The first-order chi connectivity index (χ1) is 36.8. The highest BCUT2D eigenvalue weighted by atomic mass is 15.2. The quantitative estimate of drug-likeness (QED) is 0.171. The second-order valence-corrected chi connectivity index (χ2v) is 20.5. The van der Waals surface area contributed by atoms with E-state index in [1.54, 1.807) is 0 Å². The molecule has 0 radical (unpaired) electrons. The molecule has 3 aliphatic carbocycles. The van der Waals surface area contributed by atoms with Gasteiger partial charge in [-0.15, -0.1) is 0 Å². The van der Waals surface area contributed by atoms with Crippen LogP contribution in [0.25, 0.3) is 82.8 Å². The number of aromatic nitrogens is 1. The summed E-state index contributed by atoms with van der Waals surface area (Å²) < 4.78 is 2.54. The van der Waals surface area contributed by atoms with Crippen molar-refractivity contribution in [2.45, 2.75) is 10.8 Å². The molecule has 0 N–H and O–H groups in total. The molecule has 13 aromatic rings. The summed E-state index contributed by atoms with van der Waals surface area (Å²) >= 11 is 0. The van der Waals surface area contributed by atoms with Crippen molar-refractivity contribution in [3.63, 3.8) is 0 Å². The van der Waals surface area contributed by atoms with E-state index in [0.29, 0.717) is 0 Å². The number of hydrogen-bond acceptors (Lipinski definition) is 1. The lowest BCUT2D eigenvalue weighted by molar-refractivity contribution is 0.748. The summed E-state index contributed by atoms with van der Waals surface area (Å²) in [6, 6.07) is 101. The fraction of sp³-hybridized carbons (Fsp3) is 0.0278. The van der Waals surface area contributed by atoms with Gasteiger partial charge in [-0.1, -0.05) is 237 Å². The van der Waals surface area contributed by atoms with Gasteiger partial charge in [0.1, 0.15) is 0 Å². The summed E-state index contributed by atoms with van der Waals surface area (Å²) in [6.45, 7) is 0. The maximum absolute atomic E-state index is 2.65. The van der Waals surface area contributed by atoms with Gasteiger partial charge in [0.15, 0.2) is 0 Å². The summed E-state index contributed by atoms with van der Waals surface area (Å²) in [4.78, 5) is 2.65. The molecule has 1 atom stereocenters. The van der Waals surface area contributed by atoms with Crippen molar-refractivity contribution in [3.8, 4) is 50.2 Å². The SMILES string of the molecule is c1ccc(-c2ccccc2N(c2cccc3c2-c2ccccc2C32c3ccccc3-n3c4ccccc4c4cccc2c43)c2cc3c(c4ccccc24)-c2ccccc2C32c3ccccc3-c3ccccc32)cc1. The first-order valence-electron chi connectivity index (χ1n) is 25.9. The van der Waals surface area contributed by atoms with E-state index in [9.17, 15) is 0 Å². The van der Waals surface area contributed by atoms with E-state index >= 15 is 0 Å². The van der Waals surface area contributed by atoms with Gasteiger partial charge in [0.25, 0.3) is 0 Å². The number of hydrogen-bond donors (Lipinski definition) is 0. The van der Waals surface area contributed by atoms with E-state index in [0.717, 1.165) is 17.1 Å². The summed E-state index contributed by atoms with van der Waals surface area (Å²) in [5, 5.41) is 5.01. The second-order valence-electron chi connectivity index (χ2n) is 20.5. The van der Waals surface area contributed by atoms with Crippen LogP contribution in [0.5, 0.6) is 0 Å². The van der Waals surface area contributed by atoms with Crippen LogP contribution in [0.15, 0.2) is 267 Å². The standard InChI is InChI=1S/C72H44N2/c1-2-22-45(23-3-1)46-24-10-17-40-63(46)73(67-44-62-68(51-29-5-4-27-49(51)67)53-30-8-14-35-57(53)71(62)55-33-12-6-25-47(55)48-26-7-13-34-56(48)71)66-43-21-38-60-69(66)54-31-9-15-36-58(54)72(60)59-37-16-19-42-65(59)74-64-41-18-11-28-50(64)52-32-20-39-61(72)70(52)74/h1-44H. The number of benzene rings is 12. The van der Waals surface area contributed by atoms with Crippen molar-refractivity contribution in [2.24, 2.45) is 0 Å². The lowest BCUT2D eigenvalue weighted by atomic mass is 9.65. The van der Waals surface area contributed by atoms with E-state index in [1.807, 2.05) is 0 Å². The van der Waals surface area contributed by atoms with Gasteiger partial charge in [-0.2, -0.15) is 0 Å². The highest BCUT2D eigenvalue weighted by Crippen LogP contribution is 2.67. The summed E-state index contributed by atoms with van der Waals surface area (Å²) in [5.74, 6) is 0. The Morgan fingerprint density at radius 2 is 0.743 bits per heavy atom. The highest BCUT2D eigenvalue weighted by Gasteiger charge is 2.54. The minimum Gasteiger partial charge on any atom is -0.309 e. The predicted octanol–water partition coefficient (Wildman–Crippen LogP) is 18.1. The molecule has 12 aromatic carbocycles. The fourth-order valence-electron chi connectivity index (χ4n) is 14.8. The van der Waals surface area contributed by atoms with Crippen molar-refractivity contribution in [1.29, 1.82) is 0 Å². The minimum absolute atomic E-state index is 0.541. The van der Waals surface area contributed by atoms with Crippen LogP contribution in [0.3, 0.4) is 0 Å². The van der Waals surface area contributed by atoms with Crippen molar-refractivity contribution >= 4 is 49.6 Å². The Kier molecular flexibility index (Phi) is 7.90. The van der Waals surface area contributed by atoms with Gasteiger partial charge in [0, 0.05) is 27.3 Å². The van der Waals surface area contributed by atoms with E-state index in [4.69, 9.17) is 0 Å². The van der Waals surface area contributed by atoms with Crippen molar-refractivity contribution in [3.05, 3.63) is 311 Å². The molecule has 342 valence electrons. The maximum atomic E-state index is 2.65. The Hall–Kier alpha value is -9.50. The van der Waals surface area contributed by atoms with Crippen LogP contribution in [0, 0.1) is 0 Å². The molecule has 0 amide bonds. The van der Waals surface area contributed by atoms with Crippen LogP contribution < -0.4 is 4.90 Å². The molecular weight excluding hydrogens is 893 g/mol. The highest BCUT2D eigenvalue weighted by molar-refractivity contribution is 6.16. The summed E-state index contributed by atoms with van der Waals surface area (Å²) in [6.07, 6.45) is 0. The molecule has 0 saturated carbocycles. The van der Waals surface area contributed by atoms with E-state index < -0.39 is 10.8 Å². The second kappa shape index (κ2) is 14.6. The molecule has 17 rings (SSSR count). The zero-order chi connectivity index (χ0) is 48.3. The molecule has 0 saturated heterocycles. The molecule has 0 fully saturated rings. The van der Waals surface area contributed by atoms with Crippen LogP contribution in [-0.4, -0.2) is 4.57 Å². The number of anilines is 3. The third-order valence-corrected chi connectivity index (χ3v) is 17.4. The zero-order valence-electron chi connectivity index (χ0n) is 40.3. The topological polar surface area (TPSA) is 8.17 Å². The average Bonchev–Trinajstić information content (AvgIpc) is 4.32. The maximum Gasteiger partial charge on any atom is 0.0755 e. The smallest absolute Gasteiger partial charge is 0.0755 e. The van der Waals surface area contributed by atoms with Gasteiger partial charge in [0.05, 0.1) is 44.6 Å². The van der Waals surface area contributed by atoms with E-state index in [-0.39, 0.29) is 0 Å². The summed E-state index contributed by atoms with van der Waals surface area (Å²) in [5.41, 5.74) is 26.6. The molecule has 2 heterocycles. The van der Waals surface area contributed by atoms with Crippen molar-refractivity contribution in [2.75, 3.05) is 4.90 Å². The van der Waals surface area contributed by atoms with Gasteiger partial charge >= 0.3 is 0 Å². The van der Waals surface area contributed by atoms with Crippen LogP contribution in [0.4, 0.5) is 17.1 Å². The van der Waals surface area contributed by atoms with Gasteiger partial charge in [-0.25, -0.2) is 0 Å². The van der Waals surface area contributed by atoms with Gasteiger partial charge in [-0.05, 0) is 114 Å². The Morgan fingerprint density at radius 1 is 0.270 bits per heavy atom. The third kappa shape index (κ3) is 4.77. The predicted molar refractivity (Wildman–Crippen MR) is 306 cm³/mol. The van der Waals surface area contributed by atoms with Crippen LogP contribution in [0.1, 0.15) is 44.5 Å². The largest absolute Gasteiger partial charge is 0.309 e. The van der Waals surface area contributed by atoms with Gasteiger partial charge in [0.2, 0.25) is 0 Å². The third-order valence-electron chi connectivity index (χ3n) is 17.4. The van der Waals surface area contributed by atoms with Crippen molar-refractivity contribution < 1.29 is 0 Å². The average molecular weight is 937 g/mol. The molecule has 1 aliphatic heterocycles. The number of para-hydroxylation sites is 4. The minimum atomic E-state index is -0.615. The molecule has 1 aromatic heterocycles. The number of rotatable bonds is 4. The summed E-state index contributed by atoms with van der Waals surface area (Å²) in [7, 11) is 0. The molecular formula is C72H44N2. The van der Waals surface area contributed by atoms with Gasteiger partial charge < -0.3 is 9.47 Å². The molecule has 4 aliphatic rings. The Bertz CT molecular complexity index is 4530. The monoisotopic (exact) mass is 936 g/mol. The molecule has 2 heteroatoms. The molecule has 1 unspecified atom stereocenters. The first-order valence-corrected chi connectivity index (χ1v) is 25.9. The molecule has 74 heavy (non-hydrogen) atoms. The Balaban J connectivity index is 1.03. The zero-order valence-corrected chi connectivity index (χ0v) is 40.3. The Labute approximate surface area is 429 Å². The van der Waals surface area contributed by atoms with Crippen LogP contribution in [-0.2, 0) is 10.8 Å². The van der Waals surface area contributed by atoms with Crippen LogP contribution in [0.2, 0.25) is 0 Å². The normalized spacial score (nSPS) is 15.5. The lowest BCUT2D eigenvalue weighted by Crippen LogP contribution is -2.33. The van der Waals surface area contributed by atoms with Gasteiger partial charge in [-0.3, -0.25) is 0 Å². The Morgan fingerprint density at radius 3 is 1.47 bits per heavy atom. The van der Waals surface area contributed by atoms with Crippen molar-refractivity contribution in [1.82, 2.24) is 4.57 Å². The molecule has 2 spiro atoms. The fourth-order valence-corrected chi connectivity index (χ4v) is 14.8. The van der Waals surface area contributed by atoms with Crippen LogP contribution >= 0.6 is 0 Å². The molecule has 2 nitrogen and oxygen atoms in total. The number of fused-ring (bicyclic) bond motifs is 24. The van der Waals surface area contributed by atoms with E-state index in [2.05, 4.69) is 276 Å². The van der Waals surface area contributed by atoms with E-state index in [1.165, 1.54) is 127 Å².